The van der Waals surface area contributed by atoms with E-state index in [1.165, 1.54) is 24.3 Å². The van der Waals surface area contributed by atoms with Gasteiger partial charge >= 0.3 is 0 Å². The van der Waals surface area contributed by atoms with Gasteiger partial charge < -0.3 is 10.1 Å². The first-order valence-corrected chi connectivity index (χ1v) is 12.0. The molecule has 0 unspecified atom stereocenters. The van der Waals surface area contributed by atoms with E-state index < -0.39 is 16.1 Å². The first kappa shape index (κ1) is 23.6. The van der Waals surface area contributed by atoms with Crippen LogP contribution in [-0.2, 0) is 14.8 Å². The maximum Gasteiger partial charge on any atom is 0.265 e. The Labute approximate surface area is 193 Å². The predicted octanol–water partition coefficient (Wildman–Crippen LogP) is 5.55. The van der Waals surface area contributed by atoms with E-state index in [0.717, 1.165) is 11.1 Å². The Balaban J connectivity index is 1.69. The topological polar surface area (TPSA) is 84.5 Å². The average molecular weight is 473 g/mol. The zero-order valence-electron chi connectivity index (χ0n) is 18.1. The normalized spacial score (nSPS) is 12.1. The van der Waals surface area contributed by atoms with Gasteiger partial charge in [0.1, 0.15) is 5.75 Å². The molecule has 0 fully saturated rings. The quantitative estimate of drug-likeness (QED) is 0.450. The Morgan fingerprint density at radius 1 is 1.00 bits per heavy atom. The van der Waals surface area contributed by atoms with E-state index >= 15 is 0 Å². The summed E-state index contributed by atoms with van der Waals surface area (Å²) in [6, 6.07) is 18.2. The van der Waals surface area contributed by atoms with E-state index in [0.29, 0.717) is 28.6 Å². The summed E-state index contributed by atoms with van der Waals surface area (Å²) < 4.78 is 33.6. The molecule has 32 heavy (non-hydrogen) atoms. The molecule has 2 N–H and O–H groups in total. The zero-order chi connectivity index (χ0) is 23.3. The SMILES string of the molecule is CC[C@@H](Oc1cccc(C)c1C)C(=O)Nc1ccc(S(=O)(=O)Nc2ccccc2Cl)cc1. The molecule has 0 aliphatic heterocycles. The number of carbonyl (C=O) groups excluding carboxylic acids is 1. The number of para-hydroxylation sites is 1. The van der Waals surface area contributed by atoms with E-state index in [-0.39, 0.29) is 10.8 Å². The zero-order valence-corrected chi connectivity index (χ0v) is 19.6. The van der Waals surface area contributed by atoms with E-state index in [4.69, 9.17) is 16.3 Å². The molecule has 0 aromatic heterocycles. The Bertz CT molecular complexity index is 1210. The Hall–Kier alpha value is -3.03. The van der Waals surface area contributed by atoms with Crippen molar-refractivity contribution in [1.82, 2.24) is 0 Å². The minimum atomic E-state index is -3.82. The maximum absolute atomic E-state index is 12.7. The van der Waals surface area contributed by atoms with Gasteiger partial charge in [-0.25, -0.2) is 8.42 Å². The van der Waals surface area contributed by atoms with Crippen molar-refractivity contribution in [3.63, 3.8) is 0 Å². The molecule has 3 aromatic carbocycles. The Morgan fingerprint density at radius 3 is 2.34 bits per heavy atom. The third-order valence-corrected chi connectivity index (χ3v) is 6.75. The molecule has 6 nitrogen and oxygen atoms in total. The molecular weight excluding hydrogens is 448 g/mol. The summed E-state index contributed by atoms with van der Waals surface area (Å²) in [5, 5.41) is 3.08. The highest BCUT2D eigenvalue weighted by atomic mass is 35.5. The maximum atomic E-state index is 12.7. The number of sulfonamides is 1. The molecule has 1 amide bonds. The second kappa shape index (κ2) is 10.1. The van der Waals surface area contributed by atoms with Crippen molar-refractivity contribution in [3.8, 4) is 5.75 Å². The van der Waals surface area contributed by atoms with Crippen LogP contribution in [0.2, 0.25) is 5.02 Å². The van der Waals surface area contributed by atoms with Gasteiger partial charge in [0.25, 0.3) is 15.9 Å². The molecule has 0 heterocycles. The molecule has 1 atom stereocenters. The molecule has 0 spiro atoms. The molecule has 8 heteroatoms. The highest BCUT2D eigenvalue weighted by Gasteiger charge is 2.20. The number of rotatable bonds is 8. The van der Waals surface area contributed by atoms with Crippen molar-refractivity contribution in [2.45, 2.75) is 38.2 Å². The van der Waals surface area contributed by atoms with Crippen molar-refractivity contribution in [3.05, 3.63) is 82.9 Å². The van der Waals surface area contributed by atoms with Crippen molar-refractivity contribution in [2.24, 2.45) is 0 Å². The van der Waals surface area contributed by atoms with E-state index in [1.807, 2.05) is 39.0 Å². The summed E-state index contributed by atoms with van der Waals surface area (Å²) in [5.41, 5.74) is 2.83. The smallest absolute Gasteiger partial charge is 0.265 e. The molecule has 3 aromatic rings. The summed E-state index contributed by atoms with van der Waals surface area (Å²) in [6.07, 6.45) is -0.200. The second-order valence-electron chi connectivity index (χ2n) is 7.31. The van der Waals surface area contributed by atoms with Gasteiger partial charge in [-0.05, 0) is 73.9 Å². The van der Waals surface area contributed by atoms with Crippen LogP contribution >= 0.6 is 11.6 Å². The van der Waals surface area contributed by atoms with Crippen LogP contribution in [0, 0.1) is 13.8 Å². The van der Waals surface area contributed by atoms with Gasteiger partial charge in [0.05, 0.1) is 15.6 Å². The number of halogens is 1. The molecule has 3 rings (SSSR count). The summed E-state index contributed by atoms with van der Waals surface area (Å²) >= 11 is 6.03. The van der Waals surface area contributed by atoms with Crippen molar-refractivity contribution in [1.29, 1.82) is 0 Å². The van der Waals surface area contributed by atoms with Crippen molar-refractivity contribution in [2.75, 3.05) is 10.0 Å². The lowest BCUT2D eigenvalue weighted by atomic mass is 10.1. The van der Waals surface area contributed by atoms with Crippen LogP contribution in [0.1, 0.15) is 24.5 Å². The van der Waals surface area contributed by atoms with Crippen LogP contribution in [0.4, 0.5) is 11.4 Å². The standard InChI is InChI=1S/C24H25ClN2O4S/c1-4-22(31-23-11-7-8-16(2)17(23)3)24(28)26-18-12-14-19(15-13-18)32(29,30)27-21-10-6-5-9-20(21)25/h5-15,22,27H,4H2,1-3H3,(H,26,28)/t22-/m1/s1. The van der Waals surface area contributed by atoms with Crippen molar-refractivity contribution >= 4 is 38.9 Å². The first-order valence-electron chi connectivity index (χ1n) is 10.1. The van der Waals surface area contributed by atoms with Gasteiger partial charge in [-0.3, -0.25) is 9.52 Å². The van der Waals surface area contributed by atoms with Gasteiger partial charge in [0.15, 0.2) is 6.10 Å². The fourth-order valence-electron chi connectivity index (χ4n) is 3.02. The monoisotopic (exact) mass is 472 g/mol. The van der Waals surface area contributed by atoms with Gasteiger partial charge in [-0.15, -0.1) is 0 Å². The molecule has 0 aliphatic carbocycles. The minimum absolute atomic E-state index is 0.0501. The minimum Gasteiger partial charge on any atom is -0.480 e. The summed E-state index contributed by atoms with van der Waals surface area (Å²) in [7, 11) is -3.82. The molecule has 0 bridgehead atoms. The summed E-state index contributed by atoms with van der Waals surface area (Å²) in [5.74, 6) is 0.359. The predicted molar refractivity (Wildman–Crippen MR) is 128 cm³/mol. The average Bonchev–Trinajstić information content (AvgIpc) is 2.76. The van der Waals surface area contributed by atoms with E-state index in [9.17, 15) is 13.2 Å². The molecular formula is C24H25ClN2O4S. The number of carbonyl (C=O) groups is 1. The molecule has 168 valence electrons. The Kier molecular flexibility index (Phi) is 7.43. The number of aryl methyl sites for hydroxylation is 1. The molecule has 0 saturated heterocycles. The number of amides is 1. The number of nitrogens with one attached hydrogen (secondary N) is 2. The number of ether oxygens (including phenoxy) is 1. The number of anilines is 2. The lowest BCUT2D eigenvalue weighted by molar-refractivity contribution is -0.122. The fraction of sp³-hybridized carbons (Fsp3) is 0.208. The fourth-order valence-corrected chi connectivity index (χ4v) is 4.33. The van der Waals surface area contributed by atoms with Crippen molar-refractivity contribution < 1.29 is 17.9 Å². The summed E-state index contributed by atoms with van der Waals surface area (Å²) in [6.45, 7) is 5.80. The Morgan fingerprint density at radius 2 is 1.69 bits per heavy atom. The second-order valence-corrected chi connectivity index (χ2v) is 9.40. The first-order chi connectivity index (χ1) is 15.2. The molecule has 0 radical (unpaired) electrons. The van der Waals surface area contributed by atoms with Gasteiger partial charge in [0, 0.05) is 5.69 Å². The van der Waals surface area contributed by atoms with Gasteiger partial charge in [0.2, 0.25) is 0 Å². The third-order valence-electron chi connectivity index (χ3n) is 5.04. The van der Waals surface area contributed by atoms with Crippen LogP contribution in [-0.4, -0.2) is 20.4 Å². The molecule has 0 saturated carbocycles. The lowest BCUT2D eigenvalue weighted by Crippen LogP contribution is -2.32. The number of hydrogen-bond donors (Lipinski definition) is 2. The lowest BCUT2D eigenvalue weighted by Gasteiger charge is -2.19. The van der Waals surface area contributed by atoms with Crippen LogP contribution in [0.25, 0.3) is 0 Å². The highest BCUT2D eigenvalue weighted by molar-refractivity contribution is 7.92. The number of benzene rings is 3. The van der Waals surface area contributed by atoms with Crippen LogP contribution < -0.4 is 14.8 Å². The van der Waals surface area contributed by atoms with Crippen LogP contribution in [0.15, 0.2) is 71.6 Å². The van der Waals surface area contributed by atoms with E-state index in [1.54, 1.807) is 24.3 Å². The van der Waals surface area contributed by atoms with Gasteiger partial charge in [-0.1, -0.05) is 42.8 Å². The van der Waals surface area contributed by atoms with Crippen LogP contribution in [0.5, 0.6) is 5.75 Å². The summed E-state index contributed by atoms with van der Waals surface area (Å²) in [4.78, 5) is 12.8. The van der Waals surface area contributed by atoms with Gasteiger partial charge in [-0.2, -0.15) is 0 Å². The highest BCUT2D eigenvalue weighted by Crippen LogP contribution is 2.25. The van der Waals surface area contributed by atoms with Crippen LogP contribution in [0.3, 0.4) is 0 Å². The largest absolute Gasteiger partial charge is 0.480 e. The number of hydrogen-bond acceptors (Lipinski definition) is 4. The molecule has 0 aliphatic rings. The van der Waals surface area contributed by atoms with E-state index in [2.05, 4.69) is 10.0 Å². The third kappa shape index (κ3) is 5.60.